The van der Waals surface area contributed by atoms with E-state index in [2.05, 4.69) is 17.2 Å². The Bertz CT molecular complexity index is 414. The van der Waals surface area contributed by atoms with Crippen molar-refractivity contribution in [2.75, 3.05) is 5.32 Å². The number of unbranched alkanes of at least 4 members (excludes halogenated alkanes) is 1. The van der Waals surface area contributed by atoms with Crippen LogP contribution in [0.4, 0.5) is 5.69 Å². The van der Waals surface area contributed by atoms with Crippen molar-refractivity contribution in [2.24, 2.45) is 5.73 Å². The molecule has 0 radical (unpaired) electrons. The van der Waals surface area contributed by atoms with Gasteiger partial charge in [-0.1, -0.05) is 43.0 Å². The standard InChI is InChI=1S/C12H17Cl2N3O/c1-3-4-5-8(15)12(18)17-10-7(2)6-9(13)16-11(10)14/h6,8H,3-5,15H2,1-2H3,(H,17,18). The van der Waals surface area contributed by atoms with Gasteiger partial charge in [0.2, 0.25) is 5.91 Å². The molecule has 0 aromatic carbocycles. The molecule has 18 heavy (non-hydrogen) atoms. The van der Waals surface area contributed by atoms with Crippen LogP contribution >= 0.6 is 23.2 Å². The number of nitrogens with one attached hydrogen (secondary N) is 1. The molecule has 1 amide bonds. The van der Waals surface area contributed by atoms with Crippen molar-refractivity contribution in [2.45, 2.75) is 39.2 Å². The summed E-state index contributed by atoms with van der Waals surface area (Å²) in [5, 5.41) is 3.17. The molecule has 0 fully saturated rings. The van der Waals surface area contributed by atoms with Crippen molar-refractivity contribution >= 4 is 34.8 Å². The summed E-state index contributed by atoms with van der Waals surface area (Å²) in [5.74, 6) is -0.252. The molecule has 0 aliphatic rings. The number of anilines is 1. The molecule has 1 heterocycles. The molecule has 3 N–H and O–H groups in total. The Labute approximate surface area is 117 Å². The number of nitrogens with zero attached hydrogens (tertiary/aromatic N) is 1. The van der Waals surface area contributed by atoms with Gasteiger partial charge < -0.3 is 11.1 Å². The van der Waals surface area contributed by atoms with Crippen LogP contribution in [0.2, 0.25) is 10.3 Å². The first-order valence-corrected chi connectivity index (χ1v) is 6.60. The topological polar surface area (TPSA) is 68.0 Å². The van der Waals surface area contributed by atoms with Crippen molar-refractivity contribution in [3.63, 3.8) is 0 Å². The van der Waals surface area contributed by atoms with Crippen molar-refractivity contribution in [1.82, 2.24) is 4.98 Å². The summed E-state index contributed by atoms with van der Waals surface area (Å²) >= 11 is 11.7. The summed E-state index contributed by atoms with van der Waals surface area (Å²) in [6.07, 6.45) is 2.57. The number of aromatic nitrogens is 1. The maximum Gasteiger partial charge on any atom is 0.241 e. The number of rotatable bonds is 5. The number of nitrogens with two attached hydrogens (primary N) is 1. The van der Waals surface area contributed by atoms with Gasteiger partial charge in [-0.25, -0.2) is 4.98 Å². The lowest BCUT2D eigenvalue weighted by Gasteiger charge is -2.14. The van der Waals surface area contributed by atoms with E-state index in [1.807, 2.05) is 0 Å². The maximum absolute atomic E-state index is 11.9. The number of hydrogen-bond acceptors (Lipinski definition) is 3. The molecule has 1 aromatic rings. The third-order valence-electron chi connectivity index (χ3n) is 2.59. The number of hydrogen-bond donors (Lipinski definition) is 2. The molecule has 1 aromatic heterocycles. The lowest BCUT2D eigenvalue weighted by Crippen LogP contribution is -2.35. The Hall–Kier alpha value is -0.840. The van der Waals surface area contributed by atoms with Crippen molar-refractivity contribution in [3.05, 3.63) is 21.9 Å². The average molecular weight is 290 g/mol. The second-order valence-electron chi connectivity index (χ2n) is 4.17. The minimum atomic E-state index is -0.531. The SMILES string of the molecule is CCCCC(N)C(=O)Nc1c(C)cc(Cl)nc1Cl. The van der Waals surface area contributed by atoms with E-state index in [0.29, 0.717) is 17.3 Å². The molecule has 0 aliphatic heterocycles. The van der Waals surface area contributed by atoms with Gasteiger partial charge >= 0.3 is 0 Å². The molecule has 0 spiro atoms. The van der Waals surface area contributed by atoms with Crippen LogP contribution < -0.4 is 11.1 Å². The van der Waals surface area contributed by atoms with Crippen molar-refractivity contribution in [3.8, 4) is 0 Å². The predicted molar refractivity (Wildman–Crippen MR) is 75.1 cm³/mol. The molecule has 0 aliphatic carbocycles. The zero-order valence-corrected chi connectivity index (χ0v) is 12.0. The summed E-state index contributed by atoms with van der Waals surface area (Å²) in [7, 11) is 0. The van der Waals surface area contributed by atoms with Gasteiger partial charge in [-0.2, -0.15) is 0 Å². The summed E-state index contributed by atoms with van der Waals surface area (Å²) in [6.45, 7) is 3.85. The second kappa shape index (κ2) is 6.92. The lowest BCUT2D eigenvalue weighted by atomic mass is 10.1. The number of halogens is 2. The van der Waals surface area contributed by atoms with Gasteiger partial charge in [-0.15, -0.1) is 0 Å². The van der Waals surface area contributed by atoms with Gasteiger partial charge in [0, 0.05) is 0 Å². The van der Waals surface area contributed by atoms with Crippen LogP contribution in [-0.2, 0) is 4.79 Å². The normalized spacial score (nSPS) is 12.3. The fourth-order valence-electron chi connectivity index (χ4n) is 1.52. The Morgan fingerprint density at radius 3 is 2.78 bits per heavy atom. The lowest BCUT2D eigenvalue weighted by molar-refractivity contribution is -0.117. The largest absolute Gasteiger partial charge is 0.322 e. The van der Waals surface area contributed by atoms with E-state index in [4.69, 9.17) is 28.9 Å². The van der Waals surface area contributed by atoms with Crippen molar-refractivity contribution in [1.29, 1.82) is 0 Å². The van der Waals surface area contributed by atoms with Crippen LogP contribution in [0.5, 0.6) is 0 Å². The highest BCUT2D eigenvalue weighted by Gasteiger charge is 2.16. The van der Waals surface area contributed by atoms with Gasteiger partial charge in [0.05, 0.1) is 11.7 Å². The summed E-state index contributed by atoms with van der Waals surface area (Å²) in [6, 6.07) is 1.11. The molecule has 1 rings (SSSR count). The number of amides is 1. The van der Waals surface area contributed by atoms with E-state index < -0.39 is 6.04 Å². The number of carbonyl (C=O) groups excluding carboxylic acids is 1. The van der Waals surface area contributed by atoms with E-state index in [9.17, 15) is 4.79 Å². The van der Waals surface area contributed by atoms with E-state index in [1.54, 1.807) is 13.0 Å². The second-order valence-corrected chi connectivity index (χ2v) is 4.91. The summed E-state index contributed by atoms with van der Waals surface area (Å²) in [5.41, 5.74) is 7.01. The molecule has 6 heteroatoms. The minimum Gasteiger partial charge on any atom is -0.322 e. The minimum absolute atomic E-state index is 0.177. The molecule has 4 nitrogen and oxygen atoms in total. The molecule has 100 valence electrons. The van der Waals surface area contributed by atoms with Gasteiger partial charge in [0.25, 0.3) is 0 Å². The first-order valence-electron chi connectivity index (χ1n) is 5.84. The zero-order chi connectivity index (χ0) is 13.7. The maximum atomic E-state index is 11.9. The summed E-state index contributed by atoms with van der Waals surface area (Å²) < 4.78 is 0. The quantitative estimate of drug-likeness (QED) is 0.818. The fraction of sp³-hybridized carbons (Fsp3) is 0.500. The average Bonchev–Trinajstić information content (AvgIpc) is 2.30. The number of aryl methyl sites for hydroxylation is 1. The number of pyridine rings is 1. The zero-order valence-electron chi connectivity index (χ0n) is 10.5. The fourth-order valence-corrected chi connectivity index (χ4v) is 2.10. The molecule has 0 saturated carbocycles. The predicted octanol–water partition coefficient (Wildman–Crippen LogP) is 3.15. The smallest absolute Gasteiger partial charge is 0.241 e. The van der Waals surface area contributed by atoms with E-state index in [0.717, 1.165) is 18.4 Å². The molecule has 0 bridgehead atoms. The highest BCUT2D eigenvalue weighted by atomic mass is 35.5. The van der Waals surface area contributed by atoms with Crippen LogP contribution in [0.25, 0.3) is 0 Å². The van der Waals surface area contributed by atoms with Gasteiger partial charge in [-0.3, -0.25) is 4.79 Å². The van der Waals surface area contributed by atoms with Gasteiger partial charge in [0.1, 0.15) is 5.15 Å². The molecular formula is C12H17Cl2N3O. The van der Waals surface area contributed by atoms with Crippen LogP contribution in [0.3, 0.4) is 0 Å². The Morgan fingerprint density at radius 1 is 1.56 bits per heavy atom. The first kappa shape index (κ1) is 15.2. The van der Waals surface area contributed by atoms with E-state index in [1.165, 1.54) is 0 Å². The highest BCUT2D eigenvalue weighted by molar-refractivity contribution is 6.34. The van der Waals surface area contributed by atoms with Crippen LogP contribution in [0.15, 0.2) is 6.07 Å². The van der Waals surface area contributed by atoms with Crippen LogP contribution in [0, 0.1) is 6.92 Å². The molecule has 1 unspecified atom stereocenters. The summed E-state index contributed by atoms with van der Waals surface area (Å²) in [4.78, 5) is 15.7. The van der Waals surface area contributed by atoms with Crippen molar-refractivity contribution < 1.29 is 4.79 Å². The molecule has 0 saturated heterocycles. The molecular weight excluding hydrogens is 273 g/mol. The highest BCUT2D eigenvalue weighted by Crippen LogP contribution is 2.26. The van der Waals surface area contributed by atoms with Crippen LogP contribution in [0.1, 0.15) is 31.7 Å². The Balaban J connectivity index is 2.76. The first-order chi connectivity index (χ1) is 8.45. The van der Waals surface area contributed by atoms with Crippen LogP contribution in [-0.4, -0.2) is 16.9 Å². The monoisotopic (exact) mass is 289 g/mol. The number of carbonyl (C=O) groups is 1. The molecule has 1 atom stereocenters. The van der Waals surface area contributed by atoms with E-state index in [-0.39, 0.29) is 11.1 Å². The Morgan fingerprint density at radius 2 is 2.22 bits per heavy atom. The van der Waals surface area contributed by atoms with Gasteiger partial charge in [-0.05, 0) is 25.0 Å². The third kappa shape index (κ3) is 4.12. The Kier molecular flexibility index (Phi) is 5.85. The van der Waals surface area contributed by atoms with Gasteiger partial charge in [0.15, 0.2) is 5.15 Å². The van der Waals surface area contributed by atoms with E-state index >= 15 is 0 Å². The third-order valence-corrected chi connectivity index (χ3v) is 3.06.